The molecule has 0 aliphatic heterocycles. The second-order valence-electron chi connectivity index (χ2n) is 17.3. The summed E-state index contributed by atoms with van der Waals surface area (Å²) in [5.41, 5.74) is 21.8. The van der Waals surface area contributed by atoms with Gasteiger partial charge in [0.15, 0.2) is 0 Å². The zero-order chi connectivity index (χ0) is 39.9. The van der Waals surface area contributed by atoms with E-state index in [1.54, 1.807) is 0 Å². The number of unbranched alkanes of at least 4 members (excludes halogenated alkanes) is 1. The highest BCUT2D eigenvalue weighted by atomic mass is 15.2. The summed E-state index contributed by atoms with van der Waals surface area (Å²) < 4.78 is 0. The van der Waals surface area contributed by atoms with Crippen LogP contribution in [-0.2, 0) is 30.1 Å². The first-order chi connectivity index (χ1) is 26.8. The third-order valence-corrected chi connectivity index (χ3v) is 13.2. The summed E-state index contributed by atoms with van der Waals surface area (Å²) in [5.74, 6) is 0. The Morgan fingerprint density at radius 1 is 0.429 bits per heavy atom. The van der Waals surface area contributed by atoms with Gasteiger partial charge in [0, 0.05) is 22.7 Å². The zero-order valence-corrected chi connectivity index (χ0v) is 35.9. The van der Waals surface area contributed by atoms with Crippen molar-refractivity contribution in [2.45, 2.75) is 119 Å². The fourth-order valence-electron chi connectivity index (χ4n) is 9.18. The van der Waals surface area contributed by atoms with Crippen molar-refractivity contribution in [2.75, 3.05) is 9.80 Å². The van der Waals surface area contributed by atoms with Crippen molar-refractivity contribution in [1.29, 1.82) is 0 Å². The van der Waals surface area contributed by atoms with Crippen LogP contribution in [0.15, 0.2) is 115 Å². The standard InChI is InChI=1S/C54H62N2/c1-12-15-19-42-32-38(6)52(39(7)33-42)56(44-26-22-41(14-3)23-27-44)46-29-31-48-47-30-28-45(34-49(47)53(8,9)54(10,11)50(48)35-46)55(43-24-20-40(13-2)21-25-43)51-36(4)17-16-18-37(51)5/h16-18,20-35H,12-15,19H2,1-11H3. The summed E-state index contributed by atoms with van der Waals surface area (Å²) in [4.78, 5) is 4.99. The lowest BCUT2D eigenvalue weighted by atomic mass is 9.55. The maximum Gasteiger partial charge on any atom is 0.0520 e. The van der Waals surface area contributed by atoms with Crippen LogP contribution in [0.5, 0.6) is 0 Å². The Labute approximate surface area is 338 Å². The van der Waals surface area contributed by atoms with Crippen LogP contribution >= 0.6 is 0 Å². The second-order valence-corrected chi connectivity index (χ2v) is 17.3. The highest BCUT2D eigenvalue weighted by molar-refractivity contribution is 5.88. The van der Waals surface area contributed by atoms with E-state index < -0.39 is 0 Å². The minimum Gasteiger partial charge on any atom is -0.310 e. The van der Waals surface area contributed by atoms with Gasteiger partial charge >= 0.3 is 0 Å². The molecule has 0 N–H and O–H groups in total. The quantitative estimate of drug-likeness (QED) is 0.131. The number of hydrogen-bond acceptors (Lipinski definition) is 2. The molecule has 0 amide bonds. The Morgan fingerprint density at radius 3 is 1.21 bits per heavy atom. The maximum atomic E-state index is 2.52. The molecule has 6 aromatic carbocycles. The molecule has 288 valence electrons. The van der Waals surface area contributed by atoms with Crippen molar-refractivity contribution >= 4 is 34.1 Å². The molecular formula is C54H62N2. The van der Waals surface area contributed by atoms with Crippen molar-refractivity contribution in [3.05, 3.63) is 165 Å². The minimum absolute atomic E-state index is 0.164. The summed E-state index contributed by atoms with van der Waals surface area (Å²) in [6, 6.07) is 44.3. The SMILES string of the molecule is CCCCc1cc(C)c(N(c2ccc(CC)cc2)c2ccc3c(c2)C(C)(C)C(C)(C)c2cc(N(c4ccc(CC)cc4)c4c(C)cccc4C)ccc2-3)c(C)c1. The Bertz CT molecular complexity index is 2310. The van der Waals surface area contributed by atoms with Crippen molar-refractivity contribution in [2.24, 2.45) is 0 Å². The molecule has 1 aliphatic rings. The molecule has 6 aromatic rings. The molecule has 1 aliphatic carbocycles. The summed E-state index contributed by atoms with van der Waals surface area (Å²) in [7, 11) is 0. The molecule has 7 rings (SSSR count). The highest BCUT2D eigenvalue weighted by Crippen LogP contribution is 2.56. The van der Waals surface area contributed by atoms with Crippen LogP contribution in [0.2, 0.25) is 0 Å². The zero-order valence-electron chi connectivity index (χ0n) is 35.9. The molecule has 0 unspecified atom stereocenters. The first kappa shape index (κ1) is 39.2. The van der Waals surface area contributed by atoms with Crippen LogP contribution < -0.4 is 9.80 Å². The summed E-state index contributed by atoms with van der Waals surface area (Å²) >= 11 is 0. The van der Waals surface area contributed by atoms with Gasteiger partial charge < -0.3 is 9.80 Å². The Hall–Kier alpha value is -5.08. The van der Waals surface area contributed by atoms with Gasteiger partial charge in [0.05, 0.1) is 11.4 Å². The van der Waals surface area contributed by atoms with Crippen LogP contribution in [0.3, 0.4) is 0 Å². The molecule has 0 saturated carbocycles. The average molecular weight is 739 g/mol. The van der Waals surface area contributed by atoms with Crippen molar-refractivity contribution in [3.8, 4) is 11.1 Å². The van der Waals surface area contributed by atoms with Crippen LogP contribution in [0.25, 0.3) is 11.1 Å². The van der Waals surface area contributed by atoms with Crippen LogP contribution in [0, 0.1) is 27.7 Å². The molecule has 0 radical (unpaired) electrons. The lowest BCUT2D eigenvalue weighted by Crippen LogP contribution is -2.43. The van der Waals surface area contributed by atoms with E-state index in [0.29, 0.717) is 0 Å². The van der Waals surface area contributed by atoms with Gasteiger partial charge in [-0.05, 0) is 174 Å². The van der Waals surface area contributed by atoms with Crippen molar-refractivity contribution in [3.63, 3.8) is 0 Å². The van der Waals surface area contributed by atoms with E-state index in [9.17, 15) is 0 Å². The molecule has 0 aromatic heterocycles. The van der Waals surface area contributed by atoms with E-state index in [2.05, 4.69) is 201 Å². The first-order valence-corrected chi connectivity index (χ1v) is 21.0. The second kappa shape index (κ2) is 15.5. The molecule has 0 atom stereocenters. The lowest BCUT2D eigenvalue weighted by Gasteiger charge is -2.49. The number of anilines is 6. The average Bonchev–Trinajstić information content (AvgIpc) is 3.19. The molecule has 0 heterocycles. The molecule has 0 spiro atoms. The monoisotopic (exact) mass is 738 g/mol. The minimum atomic E-state index is -0.165. The number of rotatable bonds is 11. The van der Waals surface area contributed by atoms with Gasteiger partial charge in [0.25, 0.3) is 0 Å². The lowest BCUT2D eigenvalue weighted by molar-refractivity contribution is 0.299. The molecule has 2 nitrogen and oxygen atoms in total. The van der Waals surface area contributed by atoms with Gasteiger partial charge in [0.1, 0.15) is 0 Å². The molecule has 0 saturated heterocycles. The number of aryl methyl sites for hydroxylation is 7. The smallest absolute Gasteiger partial charge is 0.0520 e. The van der Waals surface area contributed by atoms with E-state index in [-0.39, 0.29) is 10.8 Å². The van der Waals surface area contributed by atoms with Crippen molar-refractivity contribution in [1.82, 2.24) is 0 Å². The number of benzene rings is 6. The van der Waals surface area contributed by atoms with E-state index in [4.69, 9.17) is 0 Å². The Kier molecular flexibility index (Phi) is 10.8. The number of nitrogens with zero attached hydrogens (tertiary/aromatic N) is 2. The van der Waals surface area contributed by atoms with Gasteiger partial charge in [-0.2, -0.15) is 0 Å². The molecule has 2 heteroatoms. The van der Waals surface area contributed by atoms with Crippen molar-refractivity contribution < 1.29 is 0 Å². The number of hydrogen-bond donors (Lipinski definition) is 0. The van der Waals surface area contributed by atoms with Crippen LogP contribution in [0.1, 0.15) is 111 Å². The third-order valence-electron chi connectivity index (χ3n) is 13.2. The fraction of sp³-hybridized carbons (Fsp3) is 0.333. The molecular weight excluding hydrogens is 677 g/mol. The van der Waals surface area contributed by atoms with Gasteiger partial charge in [-0.1, -0.05) is 122 Å². The Morgan fingerprint density at radius 2 is 0.821 bits per heavy atom. The summed E-state index contributed by atoms with van der Waals surface area (Å²) in [6.07, 6.45) is 5.61. The normalized spacial score (nSPS) is 13.9. The van der Waals surface area contributed by atoms with E-state index >= 15 is 0 Å². The highest BCUT2D eigenvalue weighted by Gasteiger charge is 2.46. The van der Waals surface area contributed by atoms with E-state index in [0.717, 1.165) is 19.3 Å². The molecule has 0 bridgehead atoms. The van der Waals surface area contributed by atoms with Crippen LogP contribution in [-0.4, -0.2) is 0 Å². The van der Waals surface area contributed by atoms with Crippen LogP contribution in [0.4, 0.5) is 34.1 Å². The topological polar surface area (TPSA) is 6.48 Å². The van der Waals surface area contributed by atoms with Gasteiger partial charge in [-0.25, -0.2) is 0 Å². The fourth-order valence-corrected chi connectivity index (χ4v) is 9.18. The number of fused-ring (bicyclic) bond motifs is 3. The predicted molar refractivity (Wildman–Crippen MR) is 244 cm³/mol. The maximum absolute atomic E-state index is 2.52. The third kappa shape index (κ3) is 6.87. The summed E-state index contributed by atoms with van der Waals surface area (Å²) in [6.45, 7) is 25.6. The largest absolute Gasteiger partial charge is 0.310 e. The predicted octanol–water partition coefficient (Wildman–Crippen LogP) is 15.6. The Balaban J connectivity index is 1.40. The molecule has 56 heavy (non-hydrogen) atoms. The van der Waals surface area contributed by atoms with Gasteiger partial charge in [-0.3, -0.25) is 0 Å². The summed E-state index contributed by atoms with van der Waals surface area (Å²) in [5, 5.41) is 0. The molecule has 0 fully saturated rings. The first-order valence-electron chi connectivity index (χ1n) is 21.0. The van der Waals surface area contributed by atoms with Gasteiger partial charge in [0.2, 0.25) is 0 Å². The van der Waals surface area contributed by atoms with E-state index in [1.807, 2.05) is 0 Å². The van der Waals surface area contributed by atoms with E-state index in [1.165, 1.54) is 108 Å². The number of para-hydroxylation sites is 1. The van der Waals surface area contributed by atoms with Gasteiger partial charge in [-0.15, -0.1) is 0 Å².